The highest BCUT2D eigenvalue weighted by Gasteiger charge is 2.37. The summed E-state index contributed by atoms with van der Waals surface area (Å²) in [5, 5.41) is 37.2. The number of amides is 2. The number of tetrazole rings is 2. The first-order valence-electron chi connectivity index (χ1n) is 19.8. The van der Waals surface area contributed by atoms with Gasteiger partial charge in [0.05, 0.1) is 22.5 Å². The van der Waals surface area contributed by atoms with Gasteiger partial charge in [-0.15, -0.1) is 32.9 Å². The van der Waals surface area contributed by atoms with Crippen LogP contribution < -0.4 is 10.6 Å². The van der Waals surface area contributed by atoms with Gasteiger partial charge in [0.1, 0.15) is 33.0 Å². The smallest absolute Gasteiger partial charge is 0.267 e. The number of thiazole rings is 2. The predicted molar refractivity (Wildman–Crippen MR) is 244 cm³/mol. The zero-order valence-corrected chi connectivity index (χ0v) is 36.5. The van der Waals surface area contributed by atoms with Crippen molar-refractivity contribution < 1.29 is 19.3 Å². The third-order valence-corrected chi connectivity index (χ3v) is 11.4. The summed E-state index contributed by atoms with van der Waals surface area (Å²) in [6.07, 6.45) is 0. The second-order valence-electron chi connectivity index (χ2n) is 14.0. The molecule has 0 unspecified atom stereocenters. The van der Waals surface area contributed by atoms with Crippen molar-refractivity contribution in [2.24, 2.45) is 24.4 Å². The summed E-state index contributed by atoms with van der Waals surface area (Å²) in [5.74, 6) is 0.641. The van der Waals surface area contributed by atoms with Crippen LogP contribution in [0.3, 0.4) is 0 Å². The van der Waals surface area contributed by atoms with Gasteiger partial charge in [-0.05, 0) is 57.3 Å². The number of oxime groups is 2. The first-order valence-corrected chi connectivity index (χ1v) is 21.6. The number of imide groups is 1. The Morgan fingerprint density at radius 2 is 1.05 bits per heavy atom. The van der Waals surface area contributed by atoms with E-state index >= 15 is 0 Å². The fourth-order valence-corrected chi connectivity index (χ4v) is 8.05. The number of benzene rings is 3. The van der Waals surface area contributed by atoms with Crippen LogP contribution in [0.5, 0.6) is 0 Å². The largest absolute Gasteiger partial charge is 0.389 e. The van der Waals surface area contributed by atoms with Crippen molar-refractivity contribution >= 4 is 57.5 Å². The van der Waals surface area contributed by atoms with Crippen LogP contribution in [-0.2, 0) is 37.0 Å². The minimum atomic E-state index is -0.413. The number of fused-ring (bicyclic) bond motifs is 1. The number of nitrogens with zero attached hydrogens (tertiary/aromatic N) is 15. The summed E-state index contributed by atoms with van der Waals surface area (Å²) in [6, 6.07) is 36.8. The number of aryl methyl sites for hydroxylation is 2. The molecule has 7 heterocycles. The first-order chi connectivity index (χ1) is 32.3. The molecule has 6 aromatic heterocycles. The second kappa shape index (κ2) is 19.3. The molecule has 3 aromatic carbocycles. The van der Waals surface area contributed by atoms with Crippen LogP contribution in [0.2, 0.25) is 0 Å². The van der Waals surface area contributed by atoms with Gasteiger partial charge in [0, 0.05) is 36.0 Å². The number of hydrogen-bond donors (Lipinski definition) is 1. The van der Waals surface area contributed by atoms with Gasteiger partial charge >= 0.3 is 0 Å². The molecule has 10 rings (SSSR count). The van der Waals surface area contributed by atoms with E-state index in [0.29, 0.717) is 62.8 Å². The van der Waals surface area contributed by atoms with E-state index in [1.807, 2.05) is 83.6 Å². The number of aromatic nitrogens is 12. The maximum Gasteiger partial charge on any atom is 0.267 e. The van der Waals surface area contributed by atoms with Crippen molar-refractivity contribution in [2.45, 2.75) is 13.2 Å². The summed E-state index contributed by atoms with van der Waals surface area (Å²) >= 11 is 2.98. The molecule has 0 fully saturated rings. The topological polar surface area (TPSA) is 245 Å². The molecule has 0 saturated carbocycles. The fourth-order valence-electron chi connectivity index (χ4n) is 6.43. The van der Waals surface area contributed by atoms with Gasteiger partial charge in [-0.1, -0.05) is 95.2 Å². The van der Waals surface area contributed by atoms with Crippen molar-refractivity contribution in [1.29, 1.82) is 0 Å². The van der Waals surface area contributed by atoms with E-state index in [1.54, 1.807) is 62.6 Å². The zero-order chi connectivity index (χ0) is 45.4. The lowest BCUT2D eigenvalue weighted by atomic mass is 10.1. The number of hydrogen-bond acceptors (Lipinski definition) is 19. The van der Waals surface area contributed by atoms with Gasteiger partial charge in [-0.3, -0.25) is 9.59 Å². The fraction of sp³-hybridized carbons (Fsp3) is 0.0909. The Kier molecular flexibility index (Phi) is 12.5. The number of nitrogens with two attached hydrogens (primary N) is 1. The van der Waals surface area contributed by atoms with E-state index in [0.717, 1.165) is 26.0 Å². The highest BCUT2D eigenvalue weighted by Crippen LogP contribution is 2.28. The quantitative estimate of drug-likeness (QED) is 0.0819. The van der Waals surface area contributed by atoms with Crippen molar-refractivity contribution in [3.05, 3.63) is 178 Å². The standard InChI is InChI=1S/C26H18N8O3S.C18H16N8OS/c1-33-23(29-31-32-33)22(20-15-38-24(28-20)16-8-3-2-4-9-16)30-37-14-17-10-7-13-21(27-17)34-25(35)18-11-5-6-12-19(18)26(34)36;1-26-17(22-24-25-26)16(23-27-10-13-8-5-9-15(19)20-13)14-11-28-18(21-14)12-6-3-2-4-7-12/h2-13,15H,14H2,1H3;2-9,11H,10H2,1H3,(H2,19,20)/b30-22+;23-16+. The Labute approximate surface area is 382 Å². The molecule has 0 atom stereocenters. The van der Waals surface area contributed by atoms with Crippen molar-refractivity contribution in [3.8, 4) is 21.1 Å². The highest BCUT2D eigenvalue weighted by molar-refractivity contribution is 7.13. The molecule has 2 N–H and O–H groups in total. The Morgan fingerprint density at radius 3 is 1.52 bits per heavy atom. The van der Waals surface area contributed by atoms with E-state index in [-0.39, 0.29) is 19.0 Å². The lowest BCUT2D eigenvalue weighted by molar-refractivity contribution is 0.0924. The van der Waals surface area contributed by atoms with Crippen LogP contribution >= 0.6 is 22.7 Å². The Hall–Kier alpha value is -8.76. The second-order valence-corrected chi connectivity index (χ2v) is 15.7. The molecule has 22 heteroatoms. The monoisotopic (exact) mass is 914 g/mol. The van der Waals surface area contributed by atoms with Crippen LogP contribution in [-0.4, -0.2) is 83.6 Å². The molecule has 0 radical (unpaired) electrons. The molecule has 0 bridgehead atoms. The summed E-state index contributed by atoms with van der Waals surface area (Å²) < 4.78 is 2.99. The van der Waals surface area contributed by atoms with Crippen LogP contribution in [0, 0.1) is 0 Å². The number of pyridine rings is 2. The third kappa shape index (κ3) is 9.29. The van der Waals surface area contributed by atoms with Gasteiger partial charge in [0.25, 0.3) is 11.8 Å². The van der Waals surface area contributed by atoms with Gasteiger partial charge in [-0.25, -0.2) is 34.2 Å². The maximum atomic E-state index is 12.8. The summed E-state index contributed by atoms with van der Waals surface area (Å²) in [6.45, 7) is 0.136. The van der Waals surface area contributed by atoms with Crippen molar-refractivity contribution in [2.75, 3.05) is 10.6 Å². The van der Waals surface area contributed by atoms with Crippen molar-refractivity contribution in [1.82, 2.24) is 60.4 Å². The maximum absolute atomic E-state index is 12.8. The van der Waals surface area contributed by atoms with Crippen LogP contribution in [0.1, 0.15) is 55.1 Å². The summed E-state index contributed by atoms with van der Waals surface area (Å²) in [7, 11) is 3.43. The van der Waals surface area contributed by atoms with E-state index in [1.165, 1.54) is 32.0 Å². The van der Waals surface area contributed by atoms with Gasteiger partial charge < -0.3 is 15.4 Å². The molecule has 1 aliphatic heterocycles. The molecule has 2 amide bonds. The third-order valence-electron chi connectivity index (χ3n) is 9.58. The van der Waals surface area contributed by atoms with E-state index in [2.05, 4.69) is 56.3 Å². The Balaban J connectivity index is 0.000000174. The number of carbonyl (C=O) groups is 2. The Bertz CT molecular complexity index is 3190. The van der Waals surface area contributed by atoms with Crippen LogP contribution in [0.25, 0.3) is 21.1 Å². The normalized spacial score (nSPS) is 12.5. The SMILES string of the molecule is Cn1nnnc1/C(=N/OCc1cccc(N)n1)c1csc(-c2ccccc2)n1.Cn1nnnc1/C(=N/OCc1cccc(N2C(=O)c3ccccc3C2=O)n1)c1csc(-c2ccccc2)n1. The molecule has 9 aromatic rings. The summed E-state index contributed by atoms with van der Waals surface area (Å²) in [4.78, 5) is 55.9. The van der Waals surface area contributed by atoms with Crippen molar-refractivity contribution in [3.63, 3.8) is 0 Å². The highest BCUT2D eigenvalue weighted by atomic mass is 32.1. The van der Waals surface area contributed by atoms with E-state index in [9.17, 15) is 9.59 Å². The van der Waals surface area contributed by atoms with Gasteiger partial charge in [0.15, 0.2) is 24.6 Å². The van der Waals surface area contributed by atoms with Gasteiger partial charge in [-0.2, -0.15) is 0 Å². The van der Waals surface area contributed by atoms with E-state index in [4.69, 9.17) is 20.4 Å². The lowest BCUT2D eigenvalue weighted by Gasteiger charge is -2.13. The predicted octanol–water partition coefficient (Wildman–Crippen LogP) is 5.78. The number of anilines is 2. The average molecular weight is 915 g/mol. The van der Waals surface area contributed by atoms with Crippen LogP contribution in [0.15, 0.2) is 142 Å². The molecule has 0 aliphatic carbocycles. The molecule has 66 heavy (non-hydrogen) atoms. The zero-order valence-electron chi connectivity index (χ0n) is 34.9. The van der Waals surface area contributed by atoms with E-state index < -0.39 is 11.8 Å². The number of carbonyl (C=O) groups excluding carboxylic acids is 2. The molecule has 0 saturated heterocycles. The molecular weight excluding hydrogens is 881 g/mol. The average Bonchev–Trinajstić information content (AvgIpc) is 4.22. The first kappa shape index (κ1) is 42.5. The number of rotatable bonds is 13. The minimum absolute atomic E-state index is 0.0263. The van der Waals surface area contributed by atoms with Gasteiger partial charge in [0.2, 0.25) is 11.6 Å². The molecule has 20 nitrogen and oxygen atoms in total. The molecule has 326 valence electrons. The summed E-state index contributed by atoms with van der Waals surface area (Å²) in [5.41, 5.74) is 11.5. The molecule has 0 spiro atoms. The molecular formula is C44H34N16O4S2. The Morgan fingerprint density at radius 1 is 0.576 bits per heavy atom. The number of nitrogen functional groups attached to an aromatic ring is 1. The van der Waals surface area contributed by atoms with Crippen LogP contribution in [0.4, 0.5) is 11.6 Å². The molecule has 1 aliphatic rings. The lowest BCUT2D eigenvalue weighted by Crippen LogP contribution is -2.30. The minimum Gasteiger partial charge on any atom is -0.389 e.